The standard InChI is InChI=1S/C35H46N2O8/c38-32(18-22-36-20-10-16-30(26-36)44-34(40)28-12-4-1-5-13-28)42-24-8-3-9-25-43-33(39)19-23-37-21-11-17-31(27-37)45-35(41)29-14-6-2-7-15-29/h1-2,4-7,12-15,30-31H,3,8-11,16-27H2. The molecule has 0 bridgehead atoms. The maximum atomic E-state index is 12.3. The molecule has 10 heteroatoms. The highest BCUT2D eigenvalue weighted by Crippen LogP contribution is 2.17. The van der Waals surface area contributed by atoms with Crippen LogP contribution in [0.25, 0.3) is 0 Å². The predicted octanol–water partition coefficient (Wildman–Crippen LogP) is 4.67. The van der Waals surface area contributed by atoms with Gasteiger partial charge >= 0.3 is 23.9 Å². The number of benzene rings is 2. The zero-order valence-corrected chi connectivity index (χ0v) is 26.1. The molecule has 2 aliphatic rings. The Morgan fingerprint density at radius 2 is 1.02 bits per heavy atom. The van der Waals surface area contributed by atoms with Crippen molar-refractivity contribution in [1.29, 1.82) is 0 Å². The van der Waals surface area contributed by atoms with Crippen LogP contribution in [0.5, 0.6) is 0 Å². The van der Waals surface area contributed by atoms with E-state index >= 15 is 0 Å². The van der Waals surface area contributed by atoms with Crippen molar-refractivity contribution in [3.63, 3.8) is 0 Å². The van der Waals surface area contributed by atoms with Crippen molar-refractivity contribution in [3.05, 3.63) is 71.8 Å². The highest BCUT2D eigenvalue weighted by atomic mass is 16.6. The van der Waals surface area contributed by atoms with Gasteiger partial charge in [0.25, 0.3) is 0 Å². The number of likely N-dealkylation sites (tertiary alicyclic amines) is 2. The minimum Gasteiger partial charge on any atom is -0.466 e. The molecule has 0 aromatic heterocycles. The summed E-state index contributed by atoms with van der Waals surface area (Å²) in [6.07, 6.45) is 5.92. The van der Waals surface area contributed by atoms with Gasteiger partial charge in [0.1, 0.15) is 12.2 Å². The fourth-order valence-electron chi connectivity index (χ4n) is 5.61. The first kappa shape index (κ1) is 34.1. The third-order valence-electron chi connectivity index (χ3n) is 8.07. The molecule has 244 valence electrons. The van der Waals surface area contributed by atoms with E-state index in [1.54, 1.807) is 24.3 Å². The first-order valence-electron chi connectivity index (χ1n) is 16.2. The molecular formula is C35H46N2O8. The van der Waals surface area contributed by atoms with Crippen LogP contribution < -0.4 is 0 Å². The molecule has 2 unspecified atom stereocenters. The number of rotatable bonds is 16. The van der Waals surface area contributed by atoms with Crippen LogP contribution >= 0.6 is 0 Å². The van der Waals surface area contributed by atoms with Gasteiger partial charge in [-0.1, -0.05) is 36.4 Å². The Labute approximate surface area is 265 Å². The summed E-state index contributed by atoms with van der Waals surface area (Å²) < 4.78 is 22.1. The van der Waals surface area contributed by atoms with Gasteiger partial charge in [0.2, 0.25) is 0 Å². The zero-order valence-electron chi connectivity index (χ0n) is 26.1. The summed E-state index contributed by atoms with van der Waals surface area (Å²) in [5.74, 6) is -1.10. The van der Waals surface area contributed by atoms with Crippen molar-refractivity contribution in [3.8, 4) is 0 Å². The van der Waals surface area contributed by atoms with E-state index in [-0.39, 0.29) is 36.1 Å². The lowest BCUT2D eigenvalue weighted by atomic mass is 10.1. The molecule has 0 saturated carbocycles. The molecule has 2 fully saturated rings. The number of hydrogen-bond acceptors (Lipinski definition) is 10. The van der Waals surface area contributed by atoms with Crippen molar-refractivity contribution >= 4 is 23.9 Å². The maximum absolute atomic E-state index is 12.3. The van der Waals surface area contributed by atoms with Gasteiger partial charge in [0, 0.05) is 26.2 Å². The third-order valence-corrected chi connectivity index (χ3v) is 8.07. The van der Waals surface area contributed by atoms with Crippen molar-refractivity contribution in [2.24, 2.45) is 0 Å². The predicted molar refractivity (Wildman–Crippen MR) is 168 cm³/mol. The molecule has 0 spiro atoms. The van der Waals surface area contributed by atoms with Crippen LogP contribution in [-0.2, 0) is 28.5 Å². The summed E-state index contributed by atoms with van der Waals surface area (Å²) in [6, 6.07) is 18.0. The van der Waals surface area contributed by atoms with Gasteiger partial charge in [-0.05, 0) is 82.3 Å². The van der Waals surface area contributed by atoms with Crippen LogP contribution in [0.4, 0.5) is 0 Å². The molecule has 4 rings (SSSR count). The average Bonchev–Trinajstić information content (AvgIpc) is 3.07. The number of unbranched alkanes of at least 4 members (excludes halogenated alkanes) is 2. The number of hydrogen-bond donors (Lipinski definition) is 0. The van der Waals surface area contributed by atoms with Gasteiger partial charge in [0.05, 0.1) is 37.2 Å². The largest absolute Gasteiger partial charge is 0.466 e. The number of carbonyl (C=O) groups excluding carboxylic acids is 4. The van der Waals surface area contributed by atoms with E-state index in [2.05, 4.69) is 9.80 Å². The summed E-state index contributed by atoms with van der Waals surface area (Å²) in [5.41, 5.74) is 1.09. The molecule has 2 heterocycles. The molecular weight excluding hydrogens is 576 g/mol. The van der Waals surface area contributed by atoms with Crippen LogP contribution in [0.15, 0.2) is 60.7 Å². The van der Waals surface area contributed by atoms with E-state index in [4.69, 9.17) is 18.9 Å². The molecule has 0 N–H and O–H groups in total. The first-order chi connectivity index (χ1) is 22.0. The van der Waals surface area contributed by atoms with Crippen LogP contribution in [0.3, 0.4) is 0 Å². The molecule has 2 atom stereocenters. The molecule has 0 radical (unpaired) electrons. The van der Waals surface area contributed by atoms with Crippen LogP contribution in [-0.4, -0.2) is 98.4 Å². The number of esters is 4. The smallest absolute Gasteiger partial charge is 0.338 e. The van der Waals surface area contributed by atoms with E-state index in [0.717, 1.165) is 45.2 Å². The quantitative estimate of drug-likeness (QED) is 0.149. The number of ether oxygens (including phenoxy) is 4. The van der Waals surface area contributed by atoms with Gasteiger partial charge in [-0.15, -0.1) is 0 Å². The Morgan fingerprint density at radius 1 is 0.600 bits per heavy atom. The Balaban J connectivity index is 0.978. The lowest BCUT2D eigenvalue weighted by Gasteiger charge is -2.32. The highest BCUT2D eigenvalue weighted by molar-refractivity contribution is 5.89. The van der Waals surface area contributed by atoms with Crippen LogP contribution in [0, 0.1) is 0 Å². The van der Waals surface area contributed by atoms with Gasteiger partial charge in [-0.25, -0.2) is 9.59 Å². The van der Waals surface area contributed by atoms with E-state index in [9.17, 15) is 19.2 Å². The summed E-state index contributed by atoms with van der Waals surface area (Å²) in [5, 5.41) is 0. The Morgan fingerprint density at radius 3 is 1.44 bits per heavy atom. The van der Waals surface area contributed by atoms with Crippen molar-refractivity contribution in [1.82, 2.24) is 9.80 Å². The highest BCUT2D eigenvalue weighted by Gasteiger charge is 2.25. The van der Waals surface area contributed by atoms with Gasteiger partial charge in [-0.2, -0.15) is 0 Å². The molecule has 45 heavy (non-hydrogen) atoms. The Hall–Kier alpha value is -3.76. The van der Waals surface area contributed by atoms with E-state index in [1.807, 2.05) is 36.4 Å². The fourth-order valence-corrected chi connectivity index (χ4v) is 5.61. The third kappa shape index (κ3) is 12.6. The van der Waals surface area contributed by atoms with Crippen LogP contribution in [0.2, 0.25) is 0 Å². The van der Waals surface area contributed by atoms with Gasteiger partial charge < -0.3 is 18.9 Å². The van der Waals surface area contributed by atoms with Crippen LogP contribution in [0.1, 0.15) is 78.5 Å². The summed E-state index contributed by atoms with van der Waals surface area (Å²) in [4.78, 5) is 53.4. The topological polar surface area (TPSA) is 112 Å². The second kappa shape index (κ2) is 18.9. The molecule has 0 amide bonds. The Bertz CT molecular complexity index is 1120. The van der Waals surface area contributed by atoms with Crippen molar-refractivity contribution < 1.29 is 38.1 Å². The lowest BCUT2D eigenvalue weighted by molar-refractivity contribution is -0.144. The second-order valence-corrected chi connectivity index (χ2v) is 11.7. The molecule has 2 aromatic carbocycles. The Kier molecular flexibility index (Phi) is 14.3. The summed E-state index contributed by atoms with van der Waals surface area (Å²) in [6.45, 7) is 4.81. The molecule has 0 aliphatic carbocycles. The van der Waals surface area contributed by atoms with E-state index in [0.29, 0.717) is 76.2 Å². The van der Waals surface area contributed by atoms with E-state index < -0.39 is 0 Å². The summed E-state index contributed by atoms with van der Waals surface area (Å²) >= 11 is 0. The molecule has 2 saturated heterocycles. The summed E-state index contributed by atoms with van der Waals surface area (Å²) in [7, 11) is 0. The van der Waals surface area contributed by atoms with Gasteiger partial charge in [-0.3, -0.25) is 19.4 Å². The zero-order chi connectivity index (χ0) is 31.7. The average molecular weight is 623 g/mol. The second-order valence-electron chi connectivity index (χ2n) is 11.7. The molecule has 2 aromatic rings. The monoisotopic (exact) mass is 622 g/mol. The maximum Gasteiger partial charge on any atom is 0.338 e. The molecule has 2 aliphatic heterocycles. The molecule has 10 nitrogen and oxygen atoms in total. The minimum absolute atomic E-state index is 0.176. The first-order valence-corrected chi connectivity index (χ1v) is 16.2. The fraction of sp³-hybridized carbons (Fsp3) is 0.543. The van der Waals surface area contributed by atoms with Crippen molar-refractivity contribution in [2.75, 3.05) is 52.5 Å². The number of piperidine rings is 2. The lowest BCUT2D eigenvalue weighted by Crippen LogP contribution is -2.41. The number of carbonyl (C=O) groups is 4. The number of nitrogens with zero attached hydrogens (tertiary/aromatic N) is 2. The van der Waals surface area contributed by atoms with Gasteiger partial charge in [0.15, 0.2) is 0 Å². The van der Waals surface area contributed by atoms with Crippen molar-refractivity contribution in [2.45, 2.75) is 70.0 Å². The SMILES string of the molecule is O=C(CCN1CCCC(OC(=O)c2ccccc2)C1)OCCCCCOC(=O)CCN1CCCC(OC(=O)c2ccccc2)C1. The van der Waals surface area contributed by atoms with E-state index in [1.165, 1.54) is 0 Å². The normalized spacial score (nSPS) is 18.9. The minimum atomic E-state index is -0.312.